The minimum atomic E-state index is 0.612. The summed E-state index contributed by atoms with van der Waals surface area (Å²) >= 11 is 8.94. The predicted octanol–water partition coefficient (Wildman–Crippen LogP) is 2.74. The lowest BCUT2D eigenvalue weighted by Gasteiger charge is -1.95. The molecule has 3 heteroatoms. The molecule has 0 aliphatic heterocycles. The molecule has 0 fully saturated rings. The van der Waals surface area contributed by atoms with Crippen molar-refractivity contribution in [2.75, 3.05) is 0 Å². The Morgan fingerprint density at radius 2 is 2.33 bits per heavy atom. The van der Waals surface area contributed by atoms with Crippen molar-refractivity contribution >= 4 is 35.1 Å². The zero-order chi connectivity index (χ0) is 8.97. The third-order valence-corrected chi connectivity index (χ3v) is 2.06. The van der Waals surface area contributed by atoms with Crippen LogP contribution < -0.4 is 0 Å². The van der Waals surface area contributed by atoms with Crippen molar-refractivity contribution in [2.45, 2.75) is 6.92 Å². The number of aromatic nitrogens is 1. The van der Waals surface area contributed by atoms with Gasteiger partial charge in [-0.3, -0.25) is 4.98 Å². The van der Waals surface area contributed by atoms with E-state index in [2.05, 4.69) is 17.6 Å². The fourth-order valence-corrected chi connectivity index (χ4v) is 0.868. The Morgan fingerprint density at radius 3 is 2.83 bits per heavy atom. The third kappa shape index (κ3) is 2.75. The van der Waals surface area contributed by atoms with Gasteiger partial charge in [-0.05, 0) is 30.7 Å². The molecule has 0 radical (unpaired) electrons. The molecular formula is C9H9NS2. The molecule has 1 aromatic heterocycles. The van der Waals surface area contributed by atoms with E-state index in [9.17, 15) is 0 Å². The molecule has 0 unspecified atom stereocenters. The fourth-order valence-electron chi connectivity index (χ4n) is 0.745. The second-order valence-corrected chi connectivity index (χ2v) is 3.55. The van der Waals surface area contributed by atoms with Gasteiger partial charge >= 0.3 is 0 Å². The van der Waals surface area contributed by atoms with Gasteiger partial charge in [0.25, 0.3) is 0 Å². The Kier molecular flexibility index (Phi) is 3.44. The minimum Gasteiger partial charge on any atom is -0.257 e. The van der Waals surface area contributed by atoms with Gasteiger partial charge < -0.3 is 0 Å². The lowest BCUT2D eigenvalue weighted by molar-refractivity contribution is 1.29. The first-order chi connectivity index (χ1) is 5.70. The Bertz CT molecular complexity index is 304. The molecule has 12 heavy (non-hydrogen) atoms. The van der Waals surface area contributed by atoms with Crippen molar-refractivity contribution in [1.82, 2.24) is 4.98 Å². The van der Waals surface area contributed by atoms with E-state index in [4.69, 9.17) is 12.2 Å². The highest BCUT2D eigenvalue weighted by Crippen LogP contribution is 2.06. The molecule has 0 saturated heterocycles. The summed E-state index contributed by atoms with van der Waals surface area (Å²) in [6, 6.07) is 5.74. The minimum absolute atomic E-state index is 0.612. The smallest absolute Gasteiger partial charge is 0.0705 e. The summed E-state index contributed by atoms with van der Waals surface area (Å²) in [5.41, 5.74) is 1.87. The number of thiocarbonyl (C=S) groups is 1. The fraction of sp³-hybridized carbons (Fsp3) is 0.111. The first kappa shape index (κ1) is 9.42. The topological polar surface area (TPSA) is 12.9 Å². The van der Waals surface area contributed by atoms with Crippen molar-refractivity contribution in [3.8, 4) is 0 Å². The number of pyridine rings is 1. The van der Waals surface area contributed by atoms with Crippen LogP contribution in [0.5, 0.6) is 0 Å². The van der Waals surface area contributed by atoms with E-state index in [1.807, 2.05) is 31.2 Å². The Balaban J connectivity index is 2.89. The van der Waals surface area contributed by atoms with Gasteiger partial charge in [0.05, 0.1) is 9.89 Å². The second kappa shape index (κ2) is 4.38. The van der Waals surface area contributed by atoms with E-state index < -0.39 is 0 Å². The highest BCUT2D eigenvalue weighted by Gasteiger charge is 1.93. The quantitative estimate of drug-likeness (QED) is 0.443. The van der Waals surface area contributed by atoms with Gasteiger partial charge in [-0.2, -0.15) is 0 Å². The average Bonchev–Trinajstić information content (AvgIpc) is 2.06. The number of thiol groups is 1. The molecular weight excluding hydrogens is 186 g/mol. The summed E-state index contributed by atoms with van der Waals surface area (Å²) in [7, 11) is 0. The summed E-state index contributed by atoms with van der Waals surface area (Å²) in [5.74, 6) is 0. The van der Waals surface area contributed by atoms with Crippen molar-refractivity contribution in [3.05, 3.63) is 35.7 Å². The maximum absolute atomic E-state index is 4.89. The zero-order valence-corrected chi connectivity index (χ0v) is 8.40. The molecule has 62 valence electrons. The maximum atomic E-state index is 4.89. The van der Waals surface area contributed by atoms with Gasteiger partial charge in [0, 0.05) is 6.20 Å². The molecule has 0 amide bonds. The predicted molar refractivity (Wildman–Crippen MR) is 59.5 cm³/mol. The molecule has 1 heterocycles. The van der Waals surface area contributed by atoms with Crippen molar-refractivity contribution < 1.29 is 0 Å². The van der Waals surface area contributed by atoms with Gasteiger partial charge in [0.1, 0.15) is 0 Å². The SMILES string of the molecule is C/C(=C\c1ccccn1)C(=S)S. The lowest BCUT2D eigenvalue weighted by atomic mass is 10.2. The maximum Gasteiger partial charge on any atom is 0.0705 e. The van der Waals surface area contributed by atoms with Crippen molar-refractivity contribution in [1.29, 1.82) is 0 Å². The number of nitrogens with zero attached hydrogens (tertiary/aromatic N) is 1. The standard InChI is InChI=1S/C9H9NS2/c1-7(9(11)12)6-8-4-2-3-5-10-8/h2-6H,1H3,(H,11,12)/b7-6+. The zero-order valence-electron chi connectivity index (χ0n) is 6.69. The van der Waals surface area contributed by atoms with Crippen LogP contribution in [-0.2, 0) is 0 Å². The molecule has 0 bridgehead atoms. The lowest BCUT2D eigenvalue weighted by Crippen LogP contribution is -1.85. The van der Waals surface area contributed by atoms with Crippen LogP contribution in [0.1, 0.15) is 12.6 Å². The van der Waals surface area contributed by atoms with Gasteiger partial charge in [0.15, 0.2) is 0 Å². The van der Waals surface area contributed by atoms with Crippen LogP contribution in [0.4, 0.5) is 0 Å². The van der Waals surface area contributed by atoms with Gasteiger partial charge in [-0.15, -0.1) is 12.6 Å². The summed E-state index contributed by atoms with van der Waals surface area (Å²) in [4.78, 5) is 4.13. The van der Waals surface area contributed by atoms with Crippen LogP contribution in [0.25, 0.3) is 6.08 Å². The molecule has 0 saturated carbocycles. The normalized spacial score (nSPS) is 11.3. The highest BCUT2D eigenvalue weighted by molar-refractivity contribution is 8.11. The molecule has 0 aromatic carbocycles. The average molecular weight is 195 g/mol. The van der Waals surface area contributed by atoms with E-state index in [1.54, 1.807) is 6.20 Å². The van der Waals surface area contributed by atoms with E-state index in [0.717, 1.165) is 11.3 Å². The van der Waals surface area contributed by atoms with Crippen LogP contribution in [-0.4, -0.2) is 9.18 Å². The van der Waals surface area contributed by atoms with E-state index in [1.165, 1.54) is 0 Å². The number of hydrogen-bond acceptors (Lipinski definition) is 2. The molecule has 0 N–H and O–H groups in total. The van der Waals surface area contributed by atoms with Crippen LogP contribution in [0.2, 0.25) is 0 Å². The molecule has 0 aliphatic rings. The van der Waals surface area contributed by atoms with E-state index in [0.29, 0.717) is 4.20 Å². The molecule has 1 nitrogen and oxygen atoms in total. The van der Waals surface area contributed by atoms with Crippen LogP contribution >= 0.6 is 24.8 Å². The largest absolute Gasteiger partial charge is 0.257 e. The third-order valence-electron chi connectivity index (χ3n) is 1.39. The van der Waals surface area contributed by atoms with Gasteiger partial charge in [-0.25, -0.2) is 0 Å². The van der Waals surface area contributed by atoms with E-state index >= 15 is 0 Å². The van der Waals surface area contributed by atoms with Crippen LogP contribution in [0.15, 0.2) is 30.0 Å². The Morgan fingerprint density at radius 1 is 1.58 bits per heavy atom. The Labute approximate surface area is 82.9 Å². The van der Waals surface area contributed by atoms with Crippen LogP contribution in [0.3, 0.4) is 0 Å². The summed E-state index contributed by atoms with van der Waals surface area (Å²) < 4.78 is 0.612. The van der Waals surface area contributed by atoms with Gasteiger partial charge in [-0.1, -0.05) is 18.3 Å². The summed E-state index contributed by atoms with van der Waals surface area (Å²) in [5, 5.41) is 0. The van der Waals surface area contributed by atoms with Gasteiger partial charge in [0.2, 0.25) is 0 Å². The monoisotopic (exact) mass is 195 g/mol. The first-order valence-electron chi connectivity index (χ1n) is 3.53. The van der Waals surface area contributed by atoms with Crippen LogP contribution in [0, 0.1) is 0 Å². The molecule has 1 aromatic rings. The first-order valence-corrected chi connectivity index (χ1v) is 4.38. The molecule has 0 aliphatic carbocycles. The Hall–Kier alpha value is -0.670. The highest BCUT2D eigenvalue weighted by atomic mass is 32.1. The number of hydrogen-bond donors (Lipinski definition) is 1. The van der Waals surface area contributed by atoms with Crippen molar-refractivity contribution in [2.24, 2.45) is 0 Å². The molecule has 0 spiro atoms. The summed E-state index contributed by atoms with van der Waals surface area (Å²) in [6.45, 7) is 1.92. The second-order valence-electron chi connectivity index (χ2n) is 2.39. The molecule has 0 atom stereocenters. The number of rotatable bonds is 2. The molecule has 1 rings (SSSR count). The van der Waals surface area contributed by atoms with E-state index in [-0.39, 0.29) is 0 Å². The summed E-state index contributed by atoms with van der Waals surface area (Å²) in [6.07, 6.45) is 3.66. The van der Waals surface area contributed by atoms with Crippen molar-refractivity contribution in [3.63, 3.8) is 0 Å².